The number of nitrogens with one attached hydrogen (secondary N) is 2. The SMILES string of the molecule is CNNC(C)=CC(=O)O. The Kier molecular flexibility index (Phi) is 3.46. The molecule has 4 heteroatoms. The summed E-state index contributed by atoms with van der Waals surface area (Å²) in [4.78, 5) is 9.94. The standard InChI is InChI=1S/C5H10N2O2/c1-4(7-6-2)3-5(8)9/h3,6-7H,1-2H3,(H,8,9). The number of hydrogen-bond donors (Lipinski definition) is 3. The van der Waals surface area contributed by atoms with E-state index in [0.717, 1.165) is 6.08 Å². The van der Waals surface area contributed by atoms with Crippen molar-refractivity contribution in [3.05, 3.63) is 11.8 Å². The molecule has 0 radical (unpaired) electrons. The second-order valence-electron chi connectivity index (χ2n) is 1.54. The third-order valence-corrected chi connectivity index (χ3v) is 0.662. The van der Waals surface area contributed by atoms with Gasteiger partial charge < -0.3 is 10.5 Å². The topological polar surface area (TPSA) is 61.4 Å². The Labute approximate surface area is 53.5 Å². The van der Waals surface area contributed by atoms with Gasteiger partial charge in [0.25, 0.3) is 0 Å². The number of allylic oxidation sites excluding steroid dienone is 1. The summed E-state index contributed by atoms with van der Waals surface area (Å²) in [6.45, 7) is 1.66. The van der Waals surface area contributed by atoms with Crippen LogP contribution >= 0.6 is 0 Å². The molecule has 0 amide bonds. The Bertz CT molecular complexity index is 131. The molecule has 52 valence electrons. The molecule has 0 aromatic heterocycles. The second-order valence-corrected chi connectivity index (χ2v) is 1.54. The molecule has 0 unspecified atom stereocenters. The number of carboxylic acids is 1. The van der Waals surface area contributed by atoms with Crippen molar-refractivity contribution in [2.45, 2.75) is 6.92 Å². The van der Waals surface area contributed by atoms with Crippen LogP contribution in [0.2, 0.25) is 0 Å². The summed E-state index contributed by atoms with van der Waals surface area (Å²) >= 11 is 0. The van der Waals surface area contributed by atoms with E-state index in [1.165, 1.54) is 0 Å². The first kappa shape index (κ1) is 7.97. The van der Waals surface area contributed by atoms with Gasteiger partial charge in [-0.1, -0.05) is 0 Å². The molecule has 0 bridgehead atoms. The smallest absolute Gasteiger partial charge is 0.330 e. The number of hydrogen-bond acceptors (Lipinski definition) is 3. The molecule has 0 atom stereocenters. The van der Waals surface area contributed by atoms with E-state index in [-0.39, 0.29) is 0 Å². The highest BCUT2D eigenvalue weighted by atomic mass is 16.4. The van der Waals surface area contributed by atoms with Crippen molar-refractivity contribution in [2.24, 2.45) is 0 Å². The van der Waals surface area contributed by atoms with Crippen LogP contribution in [-0.2, 0) is 4.79 Å². The lowest BCUT2D eigenvalue weighted by Crippen LogP contribution is -2.25. The highest BCUT2D eigenvalue weighted by molar-refractivity contribution is 5.80. The Morgan fingerprint density at radius 3 is 2.56 bits per heavy atom. The van der Waals surface area contributed by atoms with Crippen molar-refractivity contribution in [2.75, 3.05) is 7.05 Å². The lowest BCUT2D eigenvalue weighted by atomic mass is 10.4. The normalized spacial score (nSPS) is 11.1. The van der Waals surface area contributed by atoms with Crippen LogP contribution in [0.3, 0.4) is 0 Å². The maximum atomic E-state index is 9.94. The molecule has 0 aliphatic rings. The highest BCUT2D eigenvalue weighted by Gasteiger charge is 1.89. The Morgan fingerprint density at radius 2 is 2.22 bits per heavy atom. The third kappa shape index (κ3) is 4.83. The van der Waals surface area contributed by atoms with Crippen LogP contribution in [-0.4, -0.2) is 18.1 Å². The molecule has 9 heavy (non-hydrogen) atoms. The maximum Gasteiger partial charge on any atom is 0.330 e. The molecule has 0 aliphatic heterocycles. The highest BCUT2D eigenvalue weighted by Crippen LogP contribution is 1.81. The zero-order valence-electron chi connectivity index (χ0n) is 5.43. The van der Waals surface area contributed by atoms with Crippen molar-refractivity contribution in [1.29, 1.82) is 0 Å². The Balaban J connectivity index is 3.69. The average Bonchev–Trinajstić information content (AvgIpc) is 1.63. The lowest BCUT2D eigenvalue weighted by Gasteiger charge is -2.00. The fourth-order valence-electron chi connectivity index (χ4n) is 0.418. The van der Waals surface area contributed by atoms with Gasteiger partial charge in [-0.15, -0.1) is 0 Å². The van der Waals surface area contributed by atoms with E-state index in [9.17, 15) is 4.79 Å². The van der Waals surface area contributed by atoms with Crippen molar-refractivity contribution >= 4 is 5.97 Å². The van der Waals surface area contributed by atoms with Crippen molar-refractivity contribution in [3.8, 4) is 0 Å². The summed E-state index contributed by atoms with van der Waals surface area (Å²) in [7, 11) is 1.67. The molecule has 0 saturated heterocycles. The molecule has 0 heterocycles. The van der Waals surface area contributed by atoms with Gasteiger partial charge in [0.1, 0.15) is 0 Å². The van der Waals surface area contributed by atoms with E-state index < -0.39 is 5.97 Å². The minimum Gasteiger partial charge on any atom is -0.478 e. The van der Waals surface area contributed by atoms with E-state index in [1.807, 2.05) is 0 Å². The van der Waals surface area contributed by atoms with E-state index in [0.29, 0.717) is 5.70 Å². The first-order chi connectivity index (χ1) is 4.16. The summed E-state index contributed by atoms with van der Waals surface area (Å²) in [5.41, 5.74) is 5.77. The van der Waals surface area contributed by atoms with Crippen molar-refractivity contribution < 1.29 is 9.90 Å². The van der Waals surface area contributed by atoms with Gasteiger partial charge >= 0.3 is 5.97 Å². The third-order valence-electron chi connectivity index (χ3n) is 0.662. The zero-order valence-corrected chi connectivity index (χ0v) is 5.43. The van der Waals surface area contributed by atoms with Crippen molar-refractivity contribution in [1.82, 2.24) is 10.9 Å². The molecule has 3 N–H and O–H groups in total. The van der Waals surface area contributed by atoms with Crippen LogP contribution in [0.4, 0.5) is 0 Å². The number of carbonyl (C=O) groups is 1. The second kappa shape index (κ2) is 3.91. The van der Waals surface area contributed by atoms with Crippen LogP contribution in [0.25, 0.3) is 0 Å². The van der Waals surface area contributed by atoms with E-state index in [1.54, 1.807) is 14.0 Å². The molecule has 0 fully saturated rings. The Hall–Kier alpha value is -1.03. The summed E-state index contributed by atoms with van der Waals surface area (Å²) in [6, 6.07) is 0. The van der Waals surface area contributed by atoms with Gasteiger partial charge in [-0.3, -0.25) is 0 Å². The average molecular weight is 130 g/mol. The summed E-state index contributed by atoms with van der Waals surface area (Å²) in [5.74, 6) is -0.949. The summed E-state index contributed by atoms with van der Waals surface area (Å²) in [6.07, 6.45) is 1.08. The van der Waals surface area contributed by atoms with Crippen LogP contribution < -0.4 is 10.9 Å². The first-order valence-corrected chi connectivity index (χ1v) is 2.51. The van der Waals surface area contributed by atoms with Gasteiger partial charge in [0.15, 0.2) is 0 Å². The lowest BCUT2D eigenvalue weighted by molar-refractivity contribution is -0.131. The van der Waals surface area contributed by atoms with Crippen LogP contribution in [0.15, 0.2) is 11.8 Å². The monoisotopic (exact) mass is 130 g/mol. The van der Waals surface area contributed by atoms with E-state index in [4.69, 9.17) is 5.11 Å². The van der Waals surface area contributed by atoms with Gasteiger partial charge in [0.2, 0.25) is 0 Å². The largest absolute Gasteiger partial charge is 0.478 e. The minimum absolute atomic E-state index is 0.574. The molecule has 0 rings (SSSR count). The fraction of sp³-hybridized carbons (Fsp3) is 0.400. The molecule has 0 saturated carbocycles. The van der Waals surface area contributed by atoms with Gasteiger partial charge in [-0.2, -0.15) is 0 Å². The van der Waals surface area contributed by atoms with E-state index in [2.05, 4.69) is 10.9 Å². The van der Waals surface area contributed by atoms with Crippen LogP contribution in [0.1, 0.15) is 6.92 Å². The predicted octanol–water partition coefficient (Wildman–Crippen LogP) is -0.301. The van der Waals surface area contributed by atoms with Gasteiger partial charge in [0, 0.05) is 18.8 Å². The predicted molar refractivity (Wildman–Crippen MR) is 33.6 cm³/mol. The van der Waals surface area contributed by atoms with Crippen LogP contribution in [0, 0.1) is 0 Å². The molecule has 0 aliphatic carbocycles. The zero-order chi connectivity index (χ0) is 7.28. The van der Waals surface area contributed by atoms with Crippen molar-refractivity contribution in [3.63, 3.8) is 0 Å². The van der Waals surface area contributed by atoms with E-state index >= 15 is 0 Å². The number of aliphatic carboxylic acids is 1. The molecule has 0 aromatic carbocycles. The molecule has 0 aromatic rings. The van der Waals surface area contributed by atoms with Gasteiger partial charge in [0.05, 0.1) is 0 Å². The molecular formula is C5H10N2O2. The number of carboxylic acid groups (broad SMARTS) is 1. The maximum absolute atomic E-state index is 9.94. The number of hydrazine groups is 1. The molecule has 4 nitrogen and oxygen atoms in total. The number of rotatable bonds is 3. The van der Waals surface area contributed by atoms with Gasteiger partial charge in [-0.25, -0.2) is 10.2 Å². The fourth-order valence-corrected chi connectivity index (χ4v) is 0.418. The van der Waals surface area contributed by atoms with Crippen LogP contribution in [0.5, 0.6) is 0 Å². The molecular weight excluding hydrogens is 120 g/mol. The minimum atomic E-state index is -0.949. The Morgan fingerprint density at radius 1 is 1.67 bits per heavy atom. The molecule has 0 spiro atoms. The first-order valence-electron chi connectivity index (χ1n) is 2.51. The van der Waals surface area contributed by atoms with Gasteiger partial charge in [-0.05, 0) is 6.92 Å². The quantitative estimate of drug-likeness (QED) is 0.362. The summed E-state index contributed by atoms with van der Waals surface area (Å²) < 4.78 is 0. The summed E-state index contributed by atoms with van der Waals surface area (Å²) in [5, 5.41) is 8.17.